The Kier molecular flexibility index (Phi) is 4.22. The summed E-state index contributed by atoms with van der Waals surface area (Å²) in [4.78, 5) is 4.27. The van der Waals surface area contributed by atoms with Gasteiger partial charge >= 0.3 is 0 Å². The third-order valence-corrected chi connectivity index (χ3v) is 2.76. The largest absolute Gasteiger partial charge is 0.396 e. The van der Waals surface area contributed by atoms with Crippen LogP contribution in [0, 0.1) is 0 Å². The van der Waals surface area contributed by atoms with Crippen molar-refractivity contribution in [1.29, 1.82) is 0 Å². The number of nitrogens with zero attached hydrogens (tertiary/aromatic N) is 4. The molecular weight excluding hydrogens is 284 g/mol. The van der Waals surface area contributed by atoms with E-state index in [4.69, 9.17) is 5.11 Å². The van der Waals surface area contributed by atoms with Crippen molar-refractivity contribution in [2.24, 2.45) is 0 Å². The van der Waals surface area contributed by atoms with Crippen molar-refractivity contribution in [3.63, 3.8) is 0 Å². The van der Waals surface area contributed by atoms with Gasteiger partial charge in [-0.2, -0.15) is 0 Å². The number of hydrogen-bond donors (Lipinski definition) is 1. The van der Waals surface area contributed by atoms with E-state index in [0.717, 1.165) is 28.7 Å². The standard InChI is InChI=1S/C11H13BrN4O/c12-9-3-4-10(13-6-9)7-16-8-11(14-15-16)2-1-5-17/h3-4,6,8,17H,1-2,5,7H2. The van der Waals surface area contributed by atoms with Crippen molar-refractivity contribution in [3.8, 4) is 0 Å². The highest BCUT2D eigenvalue weighted by Gasteiger charge is 2.02. The fourth-order valence-electron chi connectivity index (χ4n) is 1.46. The molecule has 2 aromatic heterocycles. The molecule has 0 atom stereocenters. The maximum absolute atomic E-state index is 8.73. The maximum Gasteiger partial charge on any atom is 0.0849 e. The van der Waals surface area contributed by atoms with E-state index < -0.39 is 0 Å². The Morgan fingerprint density at radius 1 is 1.29 bits per heavy atom. The number of aliphatic hydroxyl groups excluding tert-OH is 1. The molecule has 0 aliphatic carbocycles. The van der Waals surface area contributed by atoms with Crippen LogP contribution in [0.15, 0.2) is 29.0 Å². The summed E-state index contributed by atoms with van der Waals surface area (Å²) in [5.74, 6) is 0. The second-order valence-corrected chi connectivity index (χ2v) is 4.62. The average molecular weight is 297 g/mol. The fraction of sp³-hybridized carbons (Fsp3) is 0.364. The number of pyridine rings is 1. The molecule has 0 unspecified atom stereocenters. The van der Waals surface area contributed by atoms with Gasteiger partial charge in [0.1, 0.15) is 0 Å². The summed E-state index contributed by atoms with van der Waals surface area (Å²) in [6.07, 6.45) is 5.12. The molecule has 0 amide bonds. The number of aromatic nitrogens is 4. The molecule has 0 aliphatic heterocycles. The van der Waals surface area contributed by atoms with E-state index in [1.54, 1.807) is 10.9 Å². The van der Waals surface area contributed by atoms with Gasteiger partial charge < -0.3 is 5.11 Å². The first-order valence-electron chi connectivity index (χ1n) is 5.38. The molecule has 0 fully saturated rings. The van der Waals surface area contributed by atoms with Crippen LogP contribution in [-0.2, 0) is 13.0 Å². The van der Waals surface area contributed by atoms with Crippen LogP contribution in [0.3, 0.4) is 0 Å². The van der Waals surface area contributed by atoms with E-state index in [1.807, 2.05) is 18.3 Å². The van der Waals surface area contributed by atoms with Crippen molar-refractivity contribution in [2.75, 3.05) is 6.61 Å². The van der Waals surface area contributed by atoms with Crippen LogP contribution in [0.4, 0.5) is 0 Å². The Hall–Kier alpha value is -1.27. The molecule has 0 bridgehead atoms. The maximum atomic E-state index is 8.73. The van der Waals surface area contributed by atoms with E-state index in [9.17, 15) is 0 Å². The highest BCUT2D eigenvalue weighted by Crippen LogP contribution is 2.08. The van der Waals surface area contributed by atoms with Gasteiger partial charge in [0, 0.05) is 23.5 Å². The lowest BCUT2D eigenvalue weighted by Gasteiger charge is -1.99. The Bertz CT molecular complexity index is 469. The van der Waals surface area contributed by atoms with Crippen LogP contribution >= 0.6 is 15.9 Å². The third kappa shape index (κ3) is 3.61. The van der Waals surface area contributed by atoms with E-state index >= 15 is 0 Å². The molecule has 2 heterocycles. The van der Waals surface area contributed by atoms with Gasteiger partial charge in [-0.3, -0.25) is 4.98 Å². The highest BCUT2D eigenvalue weighted by molar-refractivity contribution is 9.10. The Labute approximate surface area is 108 Å². The second kappa shape index (κ2) is 5.88. The first kappa shape index (κ1) is 12.2. The molecule has 17 heavy (non-hydrogen) atoms. The minimum absolute atomic E-state index is 0.182. The zero-order valence-electron chi connectivity index (χ0n) is 9.25. The van der Waals surface area contributed by atoms with E-state index in [1.165, 1.54) is 0 Å². The second-order valence-electron chi connectivity index (χ2n) is 3.70. The molecule has 90 valence electrons. The summed E-state index contributed by atoms with van der Waals surface area (Å²) in [5, 5.41) is 16.8. The van der Waals surface area contributed by atoms with Crippen molar-refractivity contribution in [3.05, 3.63) is 40.4 Å². The molecule has 0 spiro atoms. The predicted octanol–water partition coefficient (Wildman–Crippen LogP) is 1.41. The Balaban J connectivity index is 1.98. The predicted molar refractivity (Wildman–Crippen MR) is 66.5 cm³/mol. The van der Waals surface area contributed by atoms with Crippen LogP contribution < -0.4 is 0 Å². The Morgan fingerprint density at radius 2 is 2.18 bits per heavy atom. The van der Waals surface area contributed by atoms with Crippen molar-refractivity contribution in [1.82, 2.24) is 20.0 Å². The van der Waals surface area contributed by atoms with E-state index in [-0.39, 0.29) is 6.61 Å². The summed E-state index contributed by atoms with van der Waals surface area (Å²) in [6, 6.07) is 3.89. The molecular formula is C11H13BrN4O. The van der Waals surface area contributed by atoms with Crippen LogP contribution in [0.1, 0.15) is 17.8 Å². The van der Waals surface area contributed by atoms with Crippen molar-refractivity contribution in [2.45, 2.75) is 19.4 Å². The third-order valence-electron chi connectivity index (χ3n) is 2.29. The van der Waals surface area contributed by atoms with Crippen molar-refractivity contribution >= 4 is 15.9 Å². The number of aliphatic hydroxyl groups is 1. The van der Waals surface area contributed by atoms with Crippen LogP contribution in [0.25, 0.3) is 0 Å². The van der Waals surface area contributed by atoms with Gasteiger partial charge in [0.2, 0.25) is 0 Å². The van der Waals surface area contributed by atoms with Crippen molar-refractivity contribution < 1.29 is 5.11 Å². The zero-order chi connectivity index (χ0) is 12.1. The van der Waals surface area contributed by atoms with Gasteiger partial charge in [-0.1, -0.05) is 5.21 Å². The molecule has 0 aliphatic rings. The van der Waals surface area contributed by atoms with Gasteiger partial charge in [-0.25, -0.2) is 4.68 Å². The SMILES string of the molecule is OCCCc1cn(Cc2ccc(Br)cn2)nn1. The zero-order valence-corrected chi connectivity index (χ0v) is 10.8. The molecule has 5 nitrogen and oxygen atoms in total. The van der Waals surface area contributed by atoms with Crippen LogP contribution in [0.5, 0.6) is 0 Å². The van der Waals surface area contributed by atoms with Gasteiger partial charge in [-0.15, -0.1) is 5.10 Å². The topological polar surface area (TPSA) is 63.8 Å². The number of hydrogen-bond acceptors (Lipinski definition) is 4. The lowest BCUT2D eigenvalue weighted by molar-refractivity contribution is 0.288. The normalized spacial score (nSPS) is 10.7. The number of halogens is 1. The average Bonchev–Trinajstić information content (AvgIpc) is 2.77. The quantitative estimate of drug-likeness (QED) is 0.906. The molecule has 0 radical (unpaired) electrons. The molecule has 0 aromatic carbocycles. The van der Waals surface area contributed by atoms with E-state index in [2.05, 4.69) is 31.2 Å². The summed E-state index contributed by atoms with van der Waals surface area (Å²) in [7, 11) is 0. The number of rotatable bonds is 5. The van der Waals surface area contributed by atoms with Gasteiger partial charge in [-0.05, 0) is 40.9 Å². The van der Waals surface area contributed by atoms with Crippen LogP contribution in [-0.4, -0.2) is 31.7 Å². The summed E-state index contributed by atoms with van der Waals surface area (Å²) < 4.78 is 2.71. The van der Waals surface area contributed by atoms with Crippen LogP contribution in [0.2, 0.25) is 0 Å². The fourth-order valence-corrected chi connectivity index (χ4v) is 1.69. The highest BCUT2D eigenvalue weighted by atomic mass is 79.9. The monoisotopic (exact) mass is 296 g/mol. The van der Waals surface area contributed by atoms with Gasteiger partial charge in [0.15, 0.2) is 0 Å². The summed E-state index contributed by atoms with van der Waals surface area (Å²) in [6.45, 7) is 0.792. The molecule has 2 rings (SSSR count). The smallest absolute Gasteiger partial charge is 0.0849 e. The lowest BCUT2D eigenvalue weighted by atomic mass is 10.2. The first-order chi connectivity index (χ1) is 8.28. The lowest BCUT2D eigenvalue weighted by Crippen LogP contribution is -2.02. The first-order valence-corrected chi connectivity index (χ1v) is 6.17. The number of aryl methyl sites for hydroxylation is 1. The van der Waals surface area contributed by atoms with Gasteiger partial charge in [0.25, 0.3) is 0 Å². The molecule has 0 saturated carbocycles. The van der Waals surface area contributed by atoms with E-state index in [0.29, 0.717) is 6.54 Å². The molecule has 1 N–H and O–H groups in total. The minimum atomic E-state index is 0.182. The molecule has 2 aromatic rings. The summed E-state index contributed by atoms with van der Waals surface area (Å²) >= 11 is 3.34. The minimum Gasteiger partial charge on any atom is -0.396 e. The Morgan fingerprint density at radius 3 is 2.88 bits per heavy atom. The molecule has 6 heteroatoms. The van der Waals surface area contributed by atoms with Gasteiger partial charge in [0.05, 0.1) is 17.9 Å². The molecule has 0 saturated heterocycles. The summed E-state index contributed by atoms with van der Waals surface area (Å²) in [5.41, 5.74) is 1.84.